The summed E-state index contributed by atoms with van der Waals surface area (Å²) in [5.41, 5.74) is 11.2. The first-order valence-electron chi connectivity index (χ1n) is 30.0. The third-order valence-electron chi connectivity index (χ3n) is 17.1. The van der Waals surface area contributed by atoms with Crippen LogP contribution in [0.1, 0.15) is 145 Å². The molecule has 4 aliphatic rings. The molecule has 10 rings (SSSR count). The number of aromatic nitrogens is 4. The Morgan fingerprint density at radius 1 is 0.618 bits per heavy atom. The summed E-state index contributed by atoms with van der Waals surface area (Å²) in [6.07, 6.45) is 24.5. The first-order chi connectivity index (χ1) is 37.1. The Labute approximate surface area is 455 Å². The molecule has 11 heteroatoms. The van der Waals surface area contributed by atoms with Crippen molar-refractivity contribution in [2.24, 2.45) is 29.6 Å². The lowest BCUT2D eigenvalue weighted by Crippen LogP contribution is -2.38. The Kier molecular flexibility index (Phi) is 18.4. The summed E-state index contributed by atoms with van der Waals surface area (Å²) < 4.78 is 16.3. The van der Waals surface area contributed by atoms with Gasteiger partial charge in [0.1, 0.15) is 11.5 Å². The second-order valence-corrected chi connectivity index (χ2v) is 24.2. The van der Waals surface area contributed by atoms with Crippen LogP contribution >= 0.6 is 0 Å². The van der Waals surface area contributed by atoms with Crippen molar-refractivity contribution in [2.45, 2.75) is 137 Å². The van der Waals surface area contributed by atoms with Crippen LogP contribution in [0.15, 0.2) is 85.2 Å². The van der Waals surface area contributed by atoms with Crippen molar-refractivity contribution in [1.82, 2.24) is 33.9 Å². The third kappa shape index (κ3) is 14.4. The maximum Gasteiger partial charge on any atom is 0.253 e. The van der Waals surface area contributed by atoms with Crippen molar-refractivity contribution in [2.75, 3.05) is 84.1 Å². The molecule has 11 nitrogen and oxygen atoms in total. The quantitative estimate of drug-likeness (QED) is 0.0481. The number of benzene rings is 2. The van der Waals surface area contributed by atoms with Crippen LogP contribution in [0, 0.1) is 29.6 Å². The number of ether oxygens (including phenoxy) is 2. The van der Waals surface area contributed by atoms with Crippen LogP contribution in [0.2, 0.25) is 0 Å². The summed E-state index contributed by atoms with van der Waals surface area (Å²) >= 11 is 0. The Hall–Kier alpha value is -5.39. The van der Waals surface area contributed by atoms with E-state index in [9.17, 15) is 4.79 Å². The number of fused-ring (bicyclic) bond motifs is 2. The van der Waals surface area contributed by atoms with Gasteiger partial charge in [-0.1, -0.05) is 59.8 Å². The number of anilines is 1. The van der Waals surface area contributed by atoms with Crippen molar-refractivity contribution in [3.63, 3.8) is 0 Å². The topological polar surface area (TPSA) is 83.1 Å². The van der Waals surface area contributed by atoms with Gasteiger partial charge in [0.15, 0.2) is 0 Å². The fraction of sp³-hybridized carbons (Fsp3) is 0.585. The number of pyridine rings is 2. The maximum absolute atomic E-state index is 14.2. The van der Waals surface area contributed by atoms with Crippen LogP contribution < -0.4 is 14.4 Å². The lowest BCUT2D eigenvalue weighted by Gasteiger charge is -2.32. The summed E-state index contributed by atoms with van der Waals surface area (Å²) in [5.74, 6) is 5.32. The number of carbonyl (C=O) groups is 1. The molecule has 6 aromatic rings. The van der Waals surface area contributed by atoms with Gasteiger partial charge in [-0.2, -0.15) is 10.2 Å². The highest BCUT2D eigenvalue weighted by atomic mass is 16.5. The van der Waals surface area contributed by atoms with Crippen LogP contribution in [0.3, 0.4) is 0 Å². The van der Waals surface area contributed by atoms with E-state index < -0.39 is 0 Å². The summed E-state index contributed by atoms with van der Waals surface area (Å²) in [5, 5.41) is 10.4. The summed E-state index contributed by atoms with van der Waals surface area (Å²) in [6, 6.07) is 25.9. The molecule has 0 bridgehead atoms. The number of hydrogen-bond donors (Lipinski definition) is 0. The van der Waals surface area contributed by atoms with Gasteiger partial charge in [0.2, 0.25) is 0 Å². The fourth-order valence-corrected chi connectivity index (χ4v) is 12.0. The molecule has 2 aromatic carbocycles. The molecule has 1 amide bonds. The predicted molar refractivity (Wildman–Crippen MR) is 311 cm³/mol. The number of piperidine rings is 2. The number of methoxy groups -OCH3 is 1. The first-order valence-corrected chi connectivity index (χ1v) is 30.0. The van der Waals surface area contributed by atoms with Crippen molar-refractivity contribution in [3.05, 3.63) is 102 Å². The number of nitrogens with zero attached hydrogens (tertiary/aromatic N) is 8. The molecule has 2 saturated heterocycles. The van der Waals surface area contributed by atoms with Gasteiger partial charge < -0.3 is 29.1 Å². The normalized spacial score (nSPS) is 17.6. The highest BCUT2D eigenvalue weighted by molar-refractivity contribution is 5.96. The molecule has 2 aliphatic carbocycles. The van der Waals surface area contributed by atoms with E-state index in [1.807, 2.05) is 28.9 Å². The molecule has 1 unspecified atom stereocenters. The van der Waals surface area contributed by atoms with Crippen LogP contribution in [0.4, 0.5) is 5.69 Å². The van der Waals surface area contributed by atoms with Gasteiger partial charge in [0.05, 0.1) is 36.1 Å². The third-order valence-corrected chi connectivity index (χ3v) is 17.1. The lowest BCUT2D eigenvalue weighted by atomic mass is 9.98. The minimum Gasteiger partial charge on any atom is -0.497 e. The smallest absolute Gasteiger partial charge is 0.253 e. The second kappa shape index (κ2) is 25.8. The van der Waals surface area contributed by atoms with Gasteiger partial charge in [-0.3, -0.25) is 4.79 Å². The van der Waals surface area contributed by atoms with Crippen LogP contribution in [-0.4, -0.2) is 119 Å². The molecule has 408 valence electrons. The summed E-state index contributed by atoms with van der Waals surface area (Å²) in [4.78, 5) is 24.3. The number of likely N-dealkylation sites (tertiary alicyclic amines) is 2. The molecule has 4 fully saturated rings. The molecule has 2 saturated carbocycles. The van der Waals surface area contributed by atoms with E-state index in [1.54, 1.807) is 7.11 Å². The van der Waals surface area contributed by atoms with E-state index in [0.29, 0.717) is 24.4 Å². The molecule has 0 spiro atoms. The molecular formula is C65H90N8O3. The van der Waals surface area contributed by atoms with Crippen LogP contribution in [0.25, 0.3) is 33.5 Å². The monoisotopic (exact) mass is 1030 g/mol. The Morgan fingerprint density at radius 3 is 1.75 bits per heavy atom. The average molecular weight is 1030 g/mol. The zero-order valence-corrected chi connectivity index (χ0v) is 47.1. The Bertz CT molecular complexity index is 2760. The van der Waals surface area contributed by atoms with Gasteiger partial charge in [-0.25, -0.2) is 9.03 Å². The molecule has 4 aromatic heterocycles. The molecule has 0 radical (unpaired) electrons. The van der Waals surface area contributed by atoms with E-state index >= 15 is 0 Å². The van der Waals surface area contributed by atoms with Crippen LogP contribution in [0.5, 0.6) is 11.5 Å². The SMILES string of the molecule is COc1ccc(-c2nn3ccc(C(=O)N(CCC4CC4)CCC4CC4)cc3c2CCCN2CCCC(COc3ccc(-c4nn5ccc(N(CCC(C)C)CCC(C)C)cc5c4CCCN4CCCCC4)cc3)C2)cc1. The predicted octanol–water partition coefficient (Wildman–Crippen LogP) is 13.4. The highest BCUT2D eigenvalue weighted by Crippen LogP contribution is 2.36. The van der Waals surface area contributed by atoms with E-state index in [4.69, 9.17) is 19.7 Å². The molecular weight excluding hydrogens is 941 g/mol. The maximum atomic E-state index is 14.2. The molecule has 2 aliphatic heterocycles. The van der Waals surface area contributed by atoms with E-state index in [1.165, 1.54) is 106 Å². The van der Waals surface area contributed by atoms with Gasteiger partial charge >= 0.3 is 0 Å². The first kappa shape index (κ1) is 54.0. The number of hydrogen-bond acceptors (Lipinski definition) is 8. The fourth-order valence-electron chi connectivity index (χ4n) is 12.0. The minimum absolute atomic E-state index is 0.166. The van der Waals surface area contributed by atoms with E-state index in [0.717, 1.165) is 148 Å². The number of carbonyl (C=O) groups excluding carboxylic acids is 1. The van der Waals surface area contributed by atoms with Gasteiger partial charge in [-0.05, 0) is 206 Å². The van der Waals surface area contributed by atoms with Crippen molar-refractivity contribution >= 4 is 22.6 Å². The molecule has 76 heavy (non-hydrogen) atoms. The van der Waals surface area contributed by atoms with E-state index in [-0.39, 0.29) is 5.91 Å². The summed E-state index contributed by atoms with van der Waals surface area (Å²) in [6.45, 7) is 20.7. The zero-order chi connectivity index (χ0) is 52.4. The number of amides is 1. The molecule has 6 heterocycles. The Balaban J connectivity index is 0.793. The van der Waals surface area contributed by atoms with Gasteiger partial charge in [0.25, 0.3) is 5.91 Å². The van der Waals surface area contributed by atoms with Crippen LogP contribution in [-0.2, 0) is 12.8 Å². The van der Waals surface area contributed by atoms with Crippen molar-refractivity contribution < 1.29 is 14.3 Å². The number of rotatable bonds is 28. The molecule has 1 atom stereocenters. The standard InChI is InChI=1S/C65H90N8O3/c1-48(2)27-38-70(39-28-49(3)4)56-32-43-73-62(45-56)60(13-10-35-68-33-7-6-8-34-68)64(67-73)54-21-25-58(26-22-54)76-47-52-12-9-36-69(46-52)37-11-14-59-61-44-55(65(74)71(40-29-50-15-16-50)41-30-51-17-18-51)31-42-72(61)66-63(59)53-19-23-57(75-5)24-20-53/h19-26,31-32,42-45,48-52H,6-18,27-30,33-41,46-47H2,1-5H3. The van der Waals surface area contributed by atoms with Crippen molar-refractivity contribution in [1.29, 1.82) is 0 Å². The number of aryl methyl sites for hydroxylation is 2. The molecule has 0 N–H and O–H groups in total. The van der Waals surface area contributed by atoms with Gasteiger partial charge in [0, 0.05) is 84.5 Å². The lowest BCUT2D eigenvalue weighted by molar-refractivity contribution is 0.0747. The minimum atomic E-state index is 0.166. The Morgan fingerprint density at radius 2 is 1.17 bits per heavy atom. The van der Waals surface area contributed by atoms with E-state index in [2.05, 4.69) is 113 Å². The largest absolute Gasteiger partial charge is 0.497 e. The highest BCUT2D eigenvalue weighted by Gasteiger charge is 2.28. The van der Waals surface area contributed by atoms with Gasteiger partial charge in [-0.15, -0.1) is 0 Å². The average Bonchev–Trinajstić information content (AvgIpc) is 4.41. The zero-order valence-electron chi connectivity index (χ0n) is 47.1. The summed E-state index contributed by atoms with van der Waals surface area (Å²) in [7, 11) is 1.71. The van der Waals surface area contributed by atoms with Crippen molar-refractivity contribution in [3.8, 4) is 34.0 Å². The second-order valence-electron chi connectivity index (χ2n) is 24.2.